The fourth-order valence-corrected chi connectivity index (χ4v) is 3.79. The topological polar surface area (TPSA) is 113 Å². The fourth-order valence-electron chi connectivity index (χ4n) is 2.71. The molecule has 0 unspecified atom stereocenters. The zero-order chi connectivity index (χ0) is 21.9. The van der Waals surface area contributed by atoms with Crippen LogP contribution in [0.1, 0.15) is 27.3 Å². The average Bonchev–Trinajstić information content (AvgIpc) is 2.67. The van der Waals surface area contributed by atoms with Crippen LogP contribution in [0, 0.1) is 26.6 Å². The average molecular weight is 429 g/mol. The Kier molecular flexibility index (Phi) is 5.97. The number of aromatic nitrogens is 2. The minimum absolute atomic E-state index is 0.106. The highest BCUT2D eigenvalue weighted by molar-refractivity contribution is 7.92. The number of benzene rings is 2. The molecule has 30 heavy (non-hydrogen) atoms. The van der Waals surface area contributed by atoms with E-state index in [1.807, 2.05) is 0 Å². The molecule has 0 fully saturated rings. The van der Waals surface area contributed by atoms with Gasteiger partial charge in [-0.3, -0.25) is 20.4 Å². The molecule has 3 aromatic rings. The summed E-state index contributed by atoms with van der Waals surface area (Å²) in [6, 6.07) is 10.9. The highest BCUT2D eigenvalue weighted by atomic mass is 32.2. The molecule has 1 heterocycles. The molecular weight excluding hydrogens is 409 g/mol. The fraction of sp³-hybridized carbons (Fsp3) is 0.150. The molecule has 1 amide bonds. The number of halogens is 1. The molecule has 156 valence electrons. The molecule has 0 spiro atoms. The van der Waals surface area contributed by atoms with Gasteiger partial charge in [0.1, 0.15) is 5.82 Å². The van der Waals surface area contributed by atoms with Crippen LogP contribution < -0.4 is 15.6 Å². The number of hydrogen-bond donors (Lipinski definition) is 3. The van der Waals surface area contributed by atoms with Crippen LogP contribution in [0.25, 0.3) is 0 Å². The van der Waals surface area contributed by atoms with Crippen molar-refractivity contribution in [1.29, 1.82) is 0 Å². The van der Waals surface area contributed by atoms with E-state index in [4.69, 9.17) is 0 Å². The van der Waals surface area contributed by atoms with Crippen molar-refractivity contribution in [3.8, 4) is 0 Å². The maximum Gasteiger partial charge on any atom is 0.270 e. The lowest BCUT2D eigenvalue weighted by molar-refractivity contribution is 0.0961. The molecule has 2 aromatic carbocycles. The first-order chi connectivity index (χ1) is 14.1. The minimum Gasteiger partial charge on any atom is -0.280 e. The van der Waals surface area contributed by atoms with Crippen LogP contribution in [0.2, 0.25) is 0 Å². The molecular formula is C20H20FN5O3S. The second-order valence-corrected chi connectivity index (χ2v) is 8.32. The molecule has 0 atom stereocenters. The van der Waals surface area contributed by atoms with Gasteiger partial charge < -0.3 is 0 Å². The number of nitrogens with one attached hydrogen (secondary N) is 3. The number of sulfonamides is 1. The normalized spacial score (nSPS) is 11.1. The number of aryl methyl sites for hydroxylation is 3. The van der Waals surface area contributed by atoms with E-state index in [0.29, 0.717) is 5.56 Å². The molecule has 0 saturated heterocycles. The zero-order valence-corrected chi connectivity index (χ0v) is 17.3. The Bertz CT molecular complexity index is 1180. The maximum absolute atomic E-state index is 13.0. The van der Waals surface area contributed by atoms with Gasteiger partial charge in [-0.1, -0.05) is 6.07 Å². The zero-order valence-electron chi connectivity index (χ0n) is 16.5. The molecule has 0 aliphatic rings. The van der Waals surface area contributed by atoms with Crippen molar-refractivity contribution in [3.05, 3.63) is 76.9 Å². The third-order valence-electron chi connectivity index (χ3n) is 4.13. The SMILES string of the molecule is Cc1cc(C)nc(NNC(=O)c2cc(S(=O)(=O)Nc3ccc(F)cc3)ccc2C)n1. The van der Waals surface area contributed by atoms with Crippen molar-refractivity contribution < 1.29 is 17.6 Å². The second-order valence-electron chi connectivity index (χ2n) is 6.64. The monoisotopic (exact) mass is 429 g/mol. The van der Waals surface area contributed by atoms with E-state index in [1.54, 1.807) is 26.8 Å². The van der Waals surface area contributed by atoms with E-state index >= 15 is 0 Å². The Hall–Kier alpha value is -3.53. The lowest BCUT2D eigenvalue weighted by atomic mass is 10.1. The summed E-state index contributed by atoms with van der Waals surface area (Å²) in [6.45, 7) is 5.29. The van der Waals surface area contributed by atoms with Gasteiger partial charge in [-0.25, -0.2) is 22.8 Å². The quantitative estimate of drug-likeness (QED) is 0.519. The molecule has 10 heteroatoms. The van der Waals surface area contributed by atoms with Gasteiger partial charge in [-0.05, 0) is 68.8 Å². The Morgan fingerprint density at radius 3 is 2.20 bits per heavy atom. The van der Waals surface area contributed by atoms with Gasteiger partial charge in [-0.15, -0.1) is 0 Å². The van der Waals surface area contributed by atoms with Crippen LogP contribution in [0.15, 0.2) is 53.4 Å². The standard InChI is InChI=1S/C20H20FN5O3S/c1-12-4-9-17(30(28,29)26-16-7-5-15(21)6-8-16)11-18(12)19(27)24-25-20-22-13(2)10-14(3)23-20/h4-11,26H,1-3H3,(H,24,27)(H,22,23,25). The van der Waals surface area contributed by atoms with Gasteiger partial charge in [-0.2, -0.15) is 0 Å². The number of carbonyl (C=O) groups is 1. The van der Waals surface area contributed by atoms with Gasteiger partial charge in [0.2, 0.25) is 5.95 Å². The van der Waals surface area contributed by atoms with Gasteiger partial charge >= 0.3 is 0 Å². The number of rotatable bonds is 6. The first-order valence-electron chi connectivity index (χ1n) is 8.92. The largest absolute Gasteiger partial charge is 0.280 e. The van der Waals surface area contributed by atoms with Crippen molar-refractivity contribution in [1.82, 2.24) is 15.4 Å². The van der Waals surface area contributed by atoms with Crippen LogP contribution in [-0.4, -0.2) is 24.3 Å². The summed E-state index contributed by atoms with van der Waals surface area (Å²) < 4.78 is 40.7. The van der Waals surface area contributed by atoms with Gasteiger partial charge in [0, 0.05) is 22.6 Å². The molecule has 0 aliphatic carbocycles. The van der Waals surface area contributed by atoms with Crippen molar-refractivity contribution in [2.45, 2.75) is 25.7 Å². The lowest BCUT2D eigenvalue weighted by Crippen LogP contribution is -2.31. The van der Waals surface area contributed by atoms with Crippen LogP contribution in [0.5, 0.6) is 0 Å². The Morgan fingerprint density at radius 1 is 0.933 bits per heavy atom. The van der Waals surface area contributed by atoms with E-state index in [2.05, 4.69) is 25.5 Å². The van der Waals surface area contributed by atoms with E-state index in [9.17, 15) is 17.6 Å². The van der Waals surface area contributed by atoms with Crippen molar-refractivity contribution in [3.63, 3.8) is 0 Å². The molecule has 0 aliphatic heterocycles. The summed E-state index contributed by atoms with van der Waals surface area (Å²) in [5.41, 5.74) is 7.52. The Balaban J connectivity index is 1.79. The minimum atomic E-state index is -3.97. The smallest absolute Gasteiger partial charge is 0.270 e. The maximum atomic E-state index is 13.0. The first-order valence-corrected chi connectivity index (χ1v) is 10.4. The molecule has 3 N–H and O–H groups in total. The summed E-state index contributed by atoms with van der Waals surface area (Å²) in [7, 11) is -3.97. The molecule has 1 aromatic heterocycles. The summed E-state index contributed by atoms with van der Waals surface area (Å²) >= 11 is 0. The van der Waals surface area contributed by atoms with E-state index in [1.165, 1.54) is 30.3 Å². The van der Waals surface area contributed by atoms with Gasteiger partial charge in [0.05, 0.1) is 4.90 Å². The predicted octanol–water partition coefficient (Wildman–Crippen LogP) is 3.10. The Labute approximate surface area is 173 Å². The second kappa shape index (κ2) is 8.46. The summed E-state index contributed by atoms with van der Waals surface area (Å²) in [4.78, 5) is 20.8. The van der Waals surface area contributed by atoms with Crippen molar-refractivity contribution in [2.75, 3.05) is 10.1 Å². The van der Waals surface area contributed by atoms with Crippen molar-refractivity contribution in [2.24, 2.45) is 0 Å². The number of hydrogen-bond acceptors (Lipinski definition) is 6. The molecule has 8 nitrogen and oxygen atoms in total. The van der Waals surface area contributed by atoms with Crippen LogP contribution in [0.3, 0.4) is 0 Å². The molecule has 0 saturated carbocycles. The number of amides is 1. The molecule has 0 bridgehead atoms. The number of nitrogens with zero attached hydrogens (tertiary/aromatic N) is 2. The van der Waals surface area contributed by atoms with Crippen LogP contribution in [0.4, 0.5) is 16.0 Å². The Morgan fingerprint density at radius 2 is 1.57 bits per heavy atom. The lowest BCUT2D eigenvalue weighted by Gasteiger charge is -2.12. The van der Waals surface area contributed by atoms with Crippen LogP contribution in [-0.2, 0) is 10.0 Å². The first kappa shape index (κ1) is 21.2. The number of hydrazine groups is 1. The highest BCUT2D eigenvalue weighted by Gasteiger charge is 2.18. The predicted molar refractivity (Wildman–Crippen MR) is 111 cm³/mol. The molecule has 0 radical (unpaired) electrons. The third-order valence-corrected chi connectivity index (χ3v) is 5.51. The summed E-state index contributed by atoms with van der Waals surface area (Å²) in [5, 5.41) is 0. The molecule has 3 rings (SSSR count). The number of anilines is 2. The summed E-state index contributed by atoms with van der Waals surface area (Å²) in [6.07, 6.45) is 0. The van der Waals surface area contributed by atoms with Crippen LogP contribution >= 0.6 is 0 Å². The third kappa shape index (κ3) is 5.09. The number of carbonyl (C=O) groups excluding carboxylic acids is 1. The van der Waals surface area contributed by atoms with E-state index < -0.39 is 21.7 Å². The highest BCUT2D eigenvalue weighted by Crippen LogP contribution is 2.20. The summed E-state index contributed by atoms with van der Waals surface area (Å²) in [5.74, 6) is -0.804. The van der Waals surface area contributed by atoms with E-state index in [0.717, 1.165) is 23.5 Å². The van der Waals surface area contributed by atoms with Gasteiger partial charge in [0.15, 0.2) is 0 Å². The van der Waals surface area contributed by atoms with Gasteiger partial charge in [0.25, 0.3) is 15.9 Å². The van der Waals surface area contributed by atoms with Crippen molar-refractivity contribution >= 4 is 27.6 Å². The van der Waals surface area contributed by atoms with E-state index in [-0.39, 0.29) is 22.1 Å².